The second-order valence-electron chi connectivity index (χ2n) is 5.52. The van der Waals surface area contributed by atoms with Crippen molar-refractivity contribution in [3.8, 4) is 0 Å². The van der Waals surface area contributed by atoms with E-state index in [-0.39, 0.29) is 5.91 Å². The third kappa shape index (κ3) is 3.29. The molecule has 0 aromatic heterocycles. The van der Waals surface area contributed by atoms with Crippen molar-refractivity contribution in [1.82, 2.24) is 5.32 Å². The first kappa shape index (κ1) is 13.5. The molecule has 0 saturated heterocycles. The molecule has 18 heavy (non-hydrogen) atoms. The van der Waals surface area contributed by atoms with E-state index in [2.05, 4.69) is 31.8 Å². The van der Waals surface area contributed by atoms with Crippen molar-refractivity contribution in [2.45, 2.75) is 44.0 Å². The Balaban J connectivity index is 1.97. The fourth-order valence-electron chi connectivity index (χ4n) is 2.74. The minimum Gasteiger partial charge on any atom is -0.349 e. The second-order valence-corrected chi connectivity index (χ2v) is 6.04. The lowest BCUT2D eigenvalue weighted by Gasteiger charge is -2.33. The van der Waals surface area contributed by atoms with Gasteiger partial charge >= 0.3 is 0 Å². The van der Waals surface area contributed by atoms with Crippen molar-refractivity contribution < 1.29 is 4.79 Å². The van der Waals surface area contributed by atoms with Gasteiger partial charge in [-0.3, -0.25) is 4.79 Å². The predicted octanol–water partition coefficient (Wildman–Crippen LogP) is 3.53. The number of rotatable bonds is 2. The number of carbonyl (C=O) groups excluding carboxylic acids is 1. The lowest BCUT2D eigenvalue weighted by Crippen LogP contribution is -2.42. The molecule has 0 radical (unpaired) electrons. The molecule has 1 saturated carbocycles. The van der Waals surface area contributed by atoms with E-state index in [9.17, 15) is 4.79 Å². The molecule has 3 heteroatoms. The van der Waals surface area contributed by atoms with Crippen molar-refractivity contribution in [2.24, 2.45) is 11.8 Å². The molecule has 1 aliphatic rings. The van der Waals surface area contributed by atoms with Crippen LogP contribution in [0.3, 0.4) is 0 Å². The Morgan fingerprint density at radius 3 is 2.50 bits per heavy atom. The fourth-order valence-corrected chi connectivity index (χ4v) is 2.89. The Hall–Kier alpha value is -0.960. The molecular formula is C15H21NOS. The average molecular weight is 263 g/mol. The van der Waals surface area contributed by atoms with Crippen LogP contribution in [0.1, 0.15) is 43.5 Å². The number of thiol groups is 1. The predicted molar refractivity (Wildman–Crippen MR) is 77.1 cm³/mol. The van der Waals surface area contributed by atoms with Crippen LogP contribution in [-0.4, -0.2) is 11.9 Å². The zero-order valence-electron chi connectivity index (χ0n) is 11.0. The van der Waals surface area contributed by atoms with Crippen LogP contribution in [0.2, 0.25) is 0 Å². The van der Waals surface area contributed by atoms with Gasteiger partial charge in [-0.25, -0.2) is 0 Å². The van der Waals surface area contributed by atoms with Crippen LogP contribution >= 0.6 is 12.6 Å². The molecule has 3 atom stereocenters. The zero-order chi connectivity index (χ0) is 13.1. The highest BCUT2D eigenvalue weighted by molar-refractivity contribution is 7.80. The number of hydrogen-bond donors (Lipinski definition) is 2. The van der Waals surface area contributed by atoms with E-state index in [0.29, 0.717) is 12.0 Å². The van der Waals surface area contributed by atoms with E-state index in [0.717, 1.165) is 22.8 Å². The van der Waals surface area contributed by atoms with Gasteiger partial charge in [-0.2, -0.15) is 0 Å². The summed E-state index contributed by atoms with van der Waals surface area (Å²) in [7, 11) is 0. The number of amides is 1. The summed E-state index contributed by atoms with van der Waals surface area (Å²) < 4.78 is 0. The molecule has 0 bridgehead atoms. The molecule has 3 unspecified atom stereocenters. The zero-order valence-corrected chi connectivity index (χ0v) is 11.9. The molecule has 0 heterocycles. The highest BCUT2D eigenvalue weighted by Crippen LogP contribution is 2.28. The Kier molecular flexibility index (Phi) is 4.33. The van der Waals surface area contributed by atoms with E-state index in [1.54, 1.807) is 0 Å². The van der Waals surface area contributed by atoms with E-state index in [1.165, 1.54) is 12.8 Å². The van der Waals surface area contributed by atoms with Crippen LogP contribution < -0.4 is 5.32 Å². The molecule has 2 rings (SSSR count). The first-order valence-corrected chi connectivity index (χ1v) is 7.11. The molecule has 1 N–H and O–H groups in total. The van der Waals surface area contributed by atoms with E-state index < -0.39 is 0 Å². The van der Waals surface area contributed by atoms with Gasteiger partial charge in [0.2, 0.25) is 0 Å². The molecule has 0 spiro atoms. The van der Waals surface area contributed by atoms with Gasteiger partial charge in [-0.1, -0.05) is 13.8 Å². The molecular weight excluding hydrogens is 242 g/mol. The SMILES string of the molecule is CC1CCC(NC(=O)c2ccc(S)cc2)C(C)C1. The lowest BCUT2D eigenvalue weighted by atomic mass is 9.80. The third-order valence-electron chi connectivity index (χ3n) is 3.88. The summed E-state index contributed by atoms with van der Waals surface area (Å²) in [4.78, 5) is 13.0. The summed E-state index contributed by atoms with van der Waals surface area (Å²) in [5.74, 6) is 1.40. The van der Waals surface area contributed by atoms with Crippen LogP contribution in [0.4, 0.5) is 0 Å². The van der Waals surface area contributed by atoms with Gasteiger partial charge in [0, 0.05) is 16.5 Å². The maximum absolute atomic E-state index is 12.1. The summed E-state index contributed by atoms with van der Waals surface area (Å²) in [5.41, 5.74) is 0.721. The number of benzene rings is 1. The number of hydrogen-bond acceptors (Lipinski definition) is 2. The molecule has 98 valence electrons. The molecule has 2 nitrogen and oxygen atoms in total. The van der Waals surface area contributed by atoms with Crippen molar-refractivity contribution in [1.29, 1.82) is 0 Å². The molecule has 1 fully saturated rings. The Morgan fingerprint density at radius 2 is 1.89 bits per heavy atom. The molecule has 0 aliphatic heterocycles. The standard InChI is InChI=1S/C15H21NOS/c1-10-3-8-14(11(2)9-10)16-15(17)12-4-6-13(18)7-5-12/h4-7,10-11,14,18H,3,8-9H2,1-2H3,(H,16,17). The normalized spacial score (nSPS) is 27.8. The highest BCUT2D eigenvalue weighted by Gasteiger charge is 2.26. The molecule has 1 aliphatic carbocycles. The second kappa shape index (κ2) is 5.79. The van der Waals surface area contributed by atoms with E-state index in [4.69, 9.17) is 0 Å². The topological polar surface area (TPSA) is 29.1 Å². The Bertz CT molecular complexity index is 415. The smallest absolute Gasteiger partial charge is 0.251 e. The summed E-state index contributed by atoms with van der Waals surface area (Å²) in [6, 6.07) is 7.68. The summed E-state index contributed by atoms with van der Waals surface area (Å²) in [6.45, 7) is 4.53. The van der Waals surface area contributed by atoms with E-state index in [1.807, 2.05) is 24.3 Å². The molecule has 1 aromatic rings. The Labute approximate surface area is 115 Å². The van der Waals surface area contributed by atoms with Crippen molar-refractivity contribution >= 4 is 18.5 Å². The first-order chi connectivity index (χ1) is 8.56. The maximum atomic E-state index is 12.1. The first-order valence-electron chi connectivity index (χ1n) is 6.66. The minimum absolute atomic E-state index is 0.0368. The van der Waals surface area contributed by atoms with Gasteiger partial charge < -0.3 is 5.32 Å². The van der Waals surface area contributed by atoms with Gasteiger partial charge in [0.1, 0.15) is 0 Å². The van der Waals surface area contributed by atoms with Crippen LogP contribution in [-0.2, 0) is 0 Å². The number of nitrogens with one attached hydrogen (secondary N) is 1. The van der Waals surface area contributed by atoms with Gasteiger partial charge in [0.05, 0.1) is 0 Å². The number of carbonyl (C=O) groups is 1. The Morgan fingerprint density at radius 1 is 1.22 bits per heavy atom. The van der Waals surface area contributed by atoms with Crippen LogP contribution in [0, 0.1) is 11.8 Å². The summed E-state index contributed by atoms with van der Waals surface area (Å²) in [5, 5.41) is 3.16. The van der Waals surface area contributed by atoms with Gasteiger partial charge in [0.25, 0.3) is 5.91 Å². The van der Waals surface area contributed by atoms with Crippen molar-refractivity contribution in [3.63, 3.8) is 0 Å². The largest absolute Gasteiger partial charge is 0.349 e. The highest BCUT2D eigenvalue weighted by atomic mass is 32.1. The van der Waals surface area contributed by atoms with Gasteiger partial charge in [0.15, 0.2) is 0 Å². The van der Waals surface area contributed by atoms with E-state index >= 15 is 0 Å². The van der Waals surface area contributed by atoms with Gasteiger partial charge in [-0.15, -0.1) is 12.6 Å². The van der Waals surface area contributed by atoms with Crippen molar-refractivity contribution in [2.75, 3.05) is 0 Å². The third-order valence-corrected chi connectivity index (χ3v) is 4.18. The monoisotopic (exact) mass is 263 g/mol. The van der Waals surface area contributed by atoms with Crippen LogP contribution in [0.15, 0.2) is 29.2 Å². The quantitative estimate of drug-likeness (QED) is 0.785. The fraction of sp³-hybridized carbons (Fsp3) is 0.533. The lowest BCUT2D eigenvalue weighted by molar-refractivity contribution is 0.0899. The van der Waals surface area contributed by atoms with Crippen LogP contribution in [0.25, 0.3) is 0 Å². The molecule has 1 amide bonds. The van der Waals surface area contributed by atoms with Crippen molar-refractivity contribution in [3.05, 3.63) is 29.8 Å². The van der Waals surface area contributed by atoms with Crippen LogP contribution in [0.5, 0.6) is 0 Å². The maximum Gasteiger partial charge on any atom is 0.251 e. The summed E-state index contributed by atoms with van der Waals surface area (Å²) >= 11 is 4.22. The van der Waals surface area contributed by atoms with Gasteiger partial charge in [-0.05, 0) is 55.4 Å². The minimum atomic E-state index is 0.0368. The average Bonchev–Trinajstić information content (AvgIpc) is 2.33. The molecule has 1 aromatic carbocycles. The summed E-state index contributed by atoms with van der Waals surface area (Å²) in [6.07, 6.45) is 3.52.